The van der Waals surface area contributed by atoms with E-state index in [-0.39, 0.29) is 5.43 Å². The fraction of sp³-hybridized carbons (Fsp3) is 0.235. The first-order valence-corrected chi connectivity index (χ1v) is 6.98. The van der Waals surface area contributed by atoms with Crippen LogP contribution in [0.25, 0.3) is 22.4 Å². The van der Waals surface area contributed by atoms with Gasteiger partial charge < -0.3 is 23.2 Å². The van der Waals surface area contributed by atoms with Gasteiger partial charge in [0, 0.05) is 24.9 Å². The Morgan fingerprint density at radius 1 is 1.00 bits per heavy atom. The van der Waals surface area contributed by atoms with Gasteiger partial charge in [0.2, 0.25) is 11.5 Å². The number of pyridine rings is 1. The SMILES string of the molecule is COc1cc(-c2cc3c(=O)ccn(C)c3o2)cc(OC)c1OC. The Hall–Kier alpha value is -2.89. The molecule has 0 bridgehead atoms. The number of hydrogen-bond acceptors (Lipinski definition) is 5. The van der Waals surface area contributed by atoms with Crippen LogP contribution in [0.3, 0.4) is 0 Å². The second-order valence-electron chi connectivity index (χ2n) is 5.03. The molecule has 1 aromatic carbocycles. The summed E-state index contributed by atoms with van der Waals surface area (Å²) in [5.74, 6) is 2.10. The Labute approximate surface area is 132 Å². The summed E-state index contributed by atoms with van der Waals surface area (Å²) in [4.78, 5) is 12.0. The predicted octanol–water partition coefficient (Wildman–Crippen LogP) is 2.82. The normalized spacial score (nSPS) is 10.8. The molecule has 2 aromatic heterocycles. The molecule has 120 valence electrons. The van der Waals surface area contributed by atoms with Gasteiger partial charge in [-0.3, -0.25) is 4.79 Å². The molecule has 2 heterocycles. The van der Waals surface area contributed by atoms with Gasteiger partial charge in [0.05, 0.1) is 26.7 Å². The number of furan rings is 1. The van der Waals surface area contributed by atoms with Crippen LogP contribution in [-0.2, 0) is 7.05 Å². The summed E-state index contributed by atoms with van der Waals surface area (Å²) in [6, 6.07) is 6.79. The van der Waals surface area contributed by atoms with E-state index < -0.39 is 0 Å². The molecular formula is C17H17NO5. The third-order valence-corrected chi connectivity index (χ3v) is 3.70. The van der Waals surface area contributed by atoms with Crippen molar-refractivity contribution in [1.29, 1.82) is 0 Å². The first kappa shape index (κ1) is 15.0. The second-order valence-corrected chi connectivity index (χ2v) is 5.03. The zero-order chi connectivity index (χ0) is 16.6. The average Bonchev–Trinajstić information content (AvgIpc) is 3.03. The van der Waals surface area contributed by atoms with Crippen molar-refractivity contribution in [2.75, 3.05) is 21.3 Å². The molecule has 23 heavy (non-hydrogen) atoms. The lowest BCUT2D eigenvalue weighted by atomic mass is 10.1. The smallest absolute Gasteiger partial charge is 0.211 e. The van der Waals surface area contributed by atoms with E-state index in [1.165, 1.54) is 6.07 Å². The third kappa shape index (κ3) is 2.42. The predicted molar refractivity (Wildman–Crippen MR) is 86.5 cm³/mol. The standard InChI is InChI=1S/C17H17NO5/c1-18-6-5-12(19)11-9-13(23-17(11)18)10-7-14(20-2)16(22-4)15(8-10)21-3/h5-9H,1-4H3. The van der Waals surface area contributed by atoms with Crippen LogP contribution in [0, 0.1) is 0 Å². The molecule has 0 amide bonds. The van der Waals surface area contributed by atoms with Crippen LogP contribution in [-0.4, -0.2) is 25.9 Å². The summed E-state index contributed by atoms with van der Waals surface area (Å²) >= 11 is 0. The average molecular weight is 315 g/mol. The molecule has 0 saturated heterocycles. The molecule has 6 heteroatoms. The number of ether oxygens (including phenoxy) is 3. The molecular weight excluding hydrogens is 298 g/mol. The maximum atomic E-state index is 12.0. The quantitative estimate of drug-likeness (QED) is 0.741. The van der Waals surface area contributed by atoms with Gasteiger partial charge in [-0.15, -0.1) is 0 Å². The second kappa shape index (κ2) is 5.72. The molecule has 3 aromatic rings. The maximum absolute atomic E-state index is 12.0. The van der Waals surface area contributed by atoms with Gasteiger partial charge in [-0.25, -0.2) is 0 Å². The molecule has 0 spiro atoms. The van der Waals surface area contributed by atoms with E-state index in [9.17, 15) is 4.79 Å². The zero-order valence-corrected chi connectivity index (χ0v) is 13.4. The van der Waals surface area contributed by atoms with E-state index in [2.05, 4.69) is 0 Å². The fourth-order valence-corrected chi connectivity index (χ4v) is 2.52. The molecule has 6 nitrogen and oxygen atoms in total. The highest BCUT2D eigenvalue weighted by Gasteiger charge is 2.17. The summed E-state index contributed by atoms with van der Waals surface area (Å²) in [5, 5.41) is 0.527. The lowest BCUT2D eigenvalue weighted by Crippen LogP contribution is -2.02. The molecule has 0 unspecified atom stereocenters. The topological polar surface area (TPSA) is 62.8 Å². The molecule has 0 radical (unpaired) electrons. The Morgan fingerprint density at radius 2 is 1.65 bits per heavy atom. The monoisotopic (exact) mass is 315 g/mol. The van der Waals surface area contributed by atoms with Crippen LogP contribution >= 0.6 is 0 Å². The van der Waals surface area contributed by atoms with Crippen molar-refractivity contribution < 1.29 is 18.6 Å². The number of rotatable bonds is 4. The molecule has 0 aliphatic rings. The van der Waals surface area contributed by atoms with Crippen molar-refractivity contribution in [2.24, 2.45) is 7.05 Å². The Morgan fingerprint density at radius 3 is 2.17 bits per heavy atom. The minimum atomic E-state index is -0.0828. The number of fused-ring (bicyclic) bond motifs is 1. The lowest BCUT2D eigenvalue weighted by molar-refractivity contribution is 0.324. The number of aromatic nitrogens is 1. The largest absolute Gasteiger partial charge is 0.493 e. The molecule has 0 saturated carbocycles. The van der Waals surface area contributed by atoms with Gasteiger partial charge in [0.25, 0.3) is 0 Å². The number of nitrogens with zero attached hydrogens (tertiary/aromatic N) is 1. The minimum absolute atomic E-state index is 0.0828. The van der Waals surface area contributed by atoms with Crippen LogP contribution in [0.4, 0.5) is 0 Å². The van der Waals surface area contributed by atoms with Crippen molar-refractivity contribution >= 4 is 11.1 Å². The maximum Gasteiger partial charge on any atom is 0.211 e. The number of methoxy groups -OCH3 is 3. The van der Waals surface area contributed by atoms with Crippen LogP contribution in [0.1, 0.15) is 0 Å². The number of aryl methyl sites for hydroxylation is 1. The van der Waals surface area contributed by atoms with E-state index in [0.717, 1.165) is 5.56 Å². The van der Waals surface area contributed by atoms with Crippen LogP contribution in [0.5, 0.6) is 17.2 Å². The van der Waals surface area contributed by atoms with Crippen molar-refractivity contribution in [2.45, 2.75) is 0 Å². The molecule has 0 N–H and O–H groups in total. The highest BCUT2D eigenvalue weighted by atomic mass is 16.5. The first-order chi connectivity index (χ1) is 11.1. The number of hydrogen-bond donors (Lipinski definition) is 0. The van der Waals surface area contributed by atoms with Crippen molar-refractivity contribution in [3.63, 3.8) is 0 Å². The zero-order valence-electron chi connectivity index (χ0n) is 13.4. The lowest BCUT2D eigenvalue weighted by Gasteiger charge is -2.13. The molecule has 0 atom stereocenters. The van der Waals surface area contributed by atoms with E-state index in [1.54, 1.807) is 50.3 Å². The van der Waals surface area contributed by atoms with Crippen molar-refractivity contribution in [1.82, 2.24) is 4.57 Å². The highest BCUT2D eigenvalue weighted by molar-refractivity contribution is 5.81. The Bertz CT molecular complexity index is 897. The van der Waals surface area contributed by atoms with Crippen LogP contribution in [0.2, 0.25) is 0 Å². The molecule has 0 aliphatic heterocycles. The summed E-state index contributed by atoms with van der Waals surface area (Å²) in [5.41, 5.74) is 1.16. The van der Waals surface area contributed by atoms with Crippen molar-refractivity contribution in [3.8, 4) is 28.6 Å². The van der Waals surface area contributed by atoms with E-state index in [0.29, 0.717) is 34.1 Å². The molecule has 3 rings (SSSR count). The first-order valence-electron chi connectivity index (χ1n) is 6.98. The van der Waals surface area contributed by atoms with Crippen LogP contribution < -0.4 is 19.6 Å². The van der Waals surface area contributed by atoms with Crippen molar-refractivity contribution in [3.05, 3.63) is 40.7 Å². The van der Waals surface area contributed by atoms with Gasteiger partial charge in [-0.1, -0.05) is 0 Å². The van der Waals surface area contributed by atoms with Gasteiger partial charge in [-0.05, 0) is 18.2 Å². The molecule has 0 aliphatic carbocycles. The summed E-state index contributed by atoms with van der Waals surface area (Å²) < 4.78 is 23.6. The highest BCUT2D eigenvalue weighted by Crippen LogP contribution is 2.41. The fourth-order valence-electron chi connectivity index (χ4n) is 2.52. The Balaban J connectivity index is 2.24. The van der Waals surface area contributed by atoms with Gasteiger partial charge in [0.15, 0.2) is 16.9 Å². The molecule has 0 fully saturated rings. The van der Waals surface area contributed by atoms with Gasteiger partial charge in [-0.2, -0.15) is 0 Å². The van der Waals surface area contributed by atoms with E-state index >= 15 is 0 Å². The van der Waals surface area contributed by atoms with E-state index in [4.69, 9.17) is 18.6 Å². The van der Waals surface area contributed by atoms with Gasteiger partial charge in [0.1, 0.15) is 5.76 Å². The van der Waals surface area contributed by atoms with Gasteiger partial charge >= 0.3 is 0 Å². The Kier molecular flexibility index (Phi) is 3.73. The third-order valence-electron chi connectivity index (χ3n) is 3.70. The number of benzene rings is 1. The van der Waals surface area contributed by atoms with E-state index in [1.807, 2.05) is 7.05 Å². The van der Waals surface area contributed by atoms with Crippen LogP contribution in [0.15, 0.2) is 39.7 Å². The summed E-state index contributed by atoms with van der Waals surface area (Å²) in [6.07, 6.45) is 1.67. The minimum Gasteiger partial charge on any atom is -0.493 e. The summed E-state index contributed by atoms with van der Waals surface area (Å²) in [7, 11) is 6.47. The summed E-state index contributed by atoms with van der Waals surface area (Å²) in [6.45, 7) is 0.